The summed E-state index contributed by atoms with van der Waals surface area (Å²) < 4.78 is 5.40. The molecule has 0 aromatic carbocycles. The maximum Gasteiger partial charge on any atom is 0.259 e. The van der Waals surface area contributed by atoms with E-state index in [-0.39, 0.29) is 11.8 Å². The van der Waals surface area contributed by atoms with Gasteiger partial charge in [-0.2, -0.15) is 0 Å². The zero-order chi connectivity index (χ0) is 16.2. The Morgan fingerprint density at radius 2 is 2.00 bits per heavy atom. The number of amides is 1. The molecule has 1 fully saturated rings. The zero-order valence-corrected chi connectivity index (χ0v) is 13.7. The minimum Gasteiger partial charge on any atom is -0.468 e. The van der Waals surface area contributed by atoms with Crippen LogP contribution in [0, 0.1) is 0 Å². The molecule has 1 aliphatic rings. The summed E-state index contributed by atoms with van der Waals surface area (Å²) in [6.45, 7) is 6.13. The molecule has 122 valence electrons. The van der Waals surface area contributed by atoms with Gasteiger partial charge in [-0.25, -0.2) is 4.98 Å². The molecule has 23 heavy (non-hydrogen) atoms. The quantitative estimate of drug-likeness (QED) is 0.925. The van der Waals surface area contributed by atoms with E-state index < -0.39 is 0 Å². The molecule has 0 bridgehead atoms. The lowest BCUT2D eigenvalue weighted by molar-refractivity contribution is 0.102. The highest BCUT2D eigenvalue weighted by molar-refractivity contribution is 6.05. The van der Waals surface area contributed by atoms with Crippen molar-refractivity contribution in [2.24, 2.45) is 0 Å². The van der Waals surface area contributed by atoms with Crippen molar-refractivity contribution in [3.63, 3.8) is 0 Å². The first-order valence-corrected chi connectivity index (χ1v) is 8.25. The van der Waals surface area contributed by atoms with Crippen LogP contribution in [0.2, 0.25) is 0 Å². The monoisotopic (exact) mass is 313 g/mol. The van der Waals surface area contributed by atoms with Crippen LogP contribution in [0.15, 0.2) is 35.1 Å². The molecule has 0 aliphatic carbocycles. The van der Waals surface area contributed by atoms with Crippen LogP contribution in [-0.4, -0.2) is 24.0 Å². The fraction of sp³-hybridized carbons (Fsp3) is 0.444. The highest BCUT2D eigenvalue weighted by Gasteiger charge is 2.17. The van der Waals surface area contributed by atoms with Gasteiger partial charge < -0.3 is 14.6 Å². The Morgan fingerprint density at radius 1 is 1.22 bits per heavy atom. The second-order valence-corrected chi connectivity index (χ2v) is 6.26. The van der Waals surface area contributed by atoms with Gasteiger partial charge in [-0.05, 0) is 37.5 Å². The van der Waals surface area contributed by atoms with Crippen molar-refractivity contribution < 1.29 is 9.21 Å². The van der Waals surface area contributed by atoms with Gasteiger partial charge in [0.05, 0.1) is 23.7 Å². The molecule has 5 heteroatoms. The van der Waals surface area contributed by atoms with Crippen LogP contribution in [0.25, 0.3) is 0 Å². The van der Waals surface area contributed by atoms with Crippen molar-refractivity contribution in [1.29, 1.82) is 0 Å². The van der Waals surface area contributed by atoms with Gasteiger partial charge in [0.1, 0.15) is 11.6 Å². The fourth-order valence-electron chi connectivity index (χ4n) is 2.92. The Kier molecular flexibility index (Phi) is 4.65. The Balaban J connectivity index is 1.68. The smallest absolute Gasteiger partial charge is 0.259 e. The minimum atomic E-state index is -0.157. The number of hydrogen-bond acceptors (Lipinski definition) is 4. The van der Waals surface area contributed by atoms with E-state index in [0.717, 1.165) is 18.9 Å². The molecule has 0 unspecified atom stereocenters. The van der Waals surface area contributed by atoms with Crippen molar-refractivity contribution in [2.75, 3.05) is 23.3 Å². The number of furan rings is 1. The van der Waals surface area contributed by atoms with E-state index in [0.29, 0.717) is 17.0 Å². The van der Waals surface area contributed by atoms with Crippen molar-refractivity contribution >= 4 is 17.4 Å². The first-order chi connectivity index (χ1) is 11.1. The van der Waals surface area contributed by atoms with Crippen LogP contribution in [-0.2, 0) is 0 Å². The Labute approximate surface area is 136 Å². The van der Waals surface area contributed by atoms with Crippen LogP contribution in [0.4, 0.5) is 11.5 Å². The van der Waals surface area contributed by atoms with Gasteiger partial charge in [-0.15, -0.1) is 0 Å². The summed E-state index contributed by atoms with van der Waals surface area (Å²) in [4.78, 5) is 19.2. The van der Waals surface area contributed by atoms with Gasteiger partial charge in [-0.3, -0.25) is 4.79 Å². The van der Waals surface area contributed by atoms with E-state index in [2.05, 4.69) is 15.2 Å². The van der Waals surface area contributed by atoms with E-state index in [1.54, 1.807) is 18.5 Å². The number of rotatable bonds is 4. The van der Waals surface area contributed by atoms with Gasteiger partial charge in [0.2, 0.25) is 0 Å². The van der Waals surface area contributed by atoms with Crippen molar-refractivity contribution in [3.05, 3.63) is 42.0 Å². The molecular formula is C18H23N3O2. The molecule has 0 radical (unpaired) electrons. The molecule has 0 saturated carbocycles. The summed E-state index contributed by atoms with van der Waals surface area (Å²) in [5, 5.41) is 2.89. The molecular weight excluding hydrogens is 290 g/mol. The molecule has 1 aliphatic heterocycles. The van der Waals surface area contributed by atoms with Gasteiger partial charge in [0.25, 0.3) is 5.91 Å². The molecule has 1 saturated heterocycles. The van der Waals surface area contributed by atoms with Crippen LogP contribution >= 0.6 is 0 Å². The molecule has 3 heterocycles. The Bertz CT molecular complexity index is 655. The minimum absolute atomic E-state index is 0.157. The van der Waals surface area contributed by atoms with Crippen molar-refractivity contribution in [3.8, 4) is 0 Å². The first kappa shape index (κ1) is 15.6. The van der Waals surface area contributed by atoms with E-state index in [4.69, 9.17) is 4.42 Å². The zero-order valence-electron chi connectivity index (χ0n) is 13.7. The molecule has 0 spiro atoms. The SMILES string of the molecule is CC(C)c1occc1C(=O)Nc1ccc(N2CCCCC2)nc1. The summed E-state index contributed by atoms with van der Waals surface area (Å²) in [5.41, 5.74) is 1.28. The van der Waals surface area contributed by atoms with Gasteiger partial charge in [0, 0.05) is 19.0 Å². The predicted octanol–water partition coefficient (Wildman–Crippen LogP) is 4.04. The number of carbonyl (C=O) groups is 1. The summed E-state index contributed by atoms with van der Waals surface area (Å²) in [6.07, 6.45) is 7.02. The average Bonchev–Trinajstić information content (AvgIpc) is 3.06. The number of hydrogen-bond donors (Lipinski definition) is 1. The molecule has 2 aromatic rings. The number of anilines is 2. The van der Waals surface area contributed by atoms with E-state index in [9.17, 15) is 4.79 Å². The average molecular weight is 313 g/mol. The number of nitrogens with one attached hydrogen (secondary N) is 1. The number of piperidine rings is 1. The lowest BCUT2D eigenvalue weighted by Crippen LogP contribution is -2.30. The maximum absolute atomic E-state index is 12.4. The van der Waals surface area contributed by atoms with Crippen LogP contribution in [0.1, 0.15) is 55.1 Å². The third kappa shape index (κ3) is 3.55. The Hall–Kier alpha value is -2.30. The van der Waals surface area contributed by atoms with Gasteiger partial charge in [0.15, 0.2) is 0 Å². The predicted molar refractivity (Wildman–Crippen MR) is 91.1 cm³/mol. The highest BCUT2D eigenvalue weighted by Crippen LogP contribution is 2.23. The largest absolute Gasteiger partial charge is 0.468 e. The second kappa shape index (κ2) is 6.86. The molecule has 2 aromatic heterocycles. The fourth-order valence-corrected chi connectivity index (χ4v) is 2.92. The number of pyridine rings is 1. The Morgan fingerprint density at radius 3 is 2.65 bits per heavy atom. The molecule has 0 atom stereocenters. The van der Waals surface area contributed by atoms with Gasteiger partial charge >= 0.3 is 0 Å². The second-order valence-electron chi connectivity index (χ2n) is 6.26. The third-order valence-corrected chi connectivity index (χ3v) is 4.15. The summed E-state index contributed by atoms with van der Waals surface area (Å²) >= 11 is 0. The summed E-state index contributed by atoms with van der Waals surface area (Å²) in [6, 6.07) is 5.59. The van der Waals surface area contributed by atoms with Crippen molar-refractivity contribution in [1.82, 2.24) is 4.98 Å². The van der Waals surface area contributed by atoms with Gasteiger partial charge in [-0.1, -0.05) is 13.8 Å². The summed E-state index contributed by atoms with van der Waals surface area (Å²) in [7, 11) is 0. The third-order valence-electron chi connectivity index (χ3n) is 4.15. The first-order valence-electron chi connectivity index (χ1n) is 8.25. The standard InChI is InChI=1S/C18H23N3O2/c1-13(2)17-15(8-11-23-17)18(22)20-14-6-7-16(19-12-14)21-9-4-3-5-10-21/h6-8,11-13H,3-5,9-10H2,1-2H3,(H,20,22). The number of nitrogens with zero attached hydrogens (tertiary/aromatic N) is 2. The normalized spacial score (nSPS) is 15.0. The maximum atomic E-state index is 12.4. The van der Waals surface area contributed by atoms with E-state index in [1.807, 2.05) is 26.0 Å². The molecule has 1 amide bonds. The van der Waals surface area contributed by atoms with Crippen LogP contribution < -0.4 is 10.2 Å². The topological polar surface area (TPSA) is 58.4 Å². The number of aromatic nitrogens is 1. The van der Waals surface area contributed by atoms with Crippen LogP contribution in [0.3, 0.4) is 0 Å². The lowest BCUT2D eigenvalue weighted by atomic mass is 10.1. The van der Waals surface area contributed by atoms with E-state index in [1.165, 1.54) is 19.3 Å². The molecule has 5 nitrogen and oxygen atoms in total. The lowest BCUT2D eigenvalue weighted by Gasteiger charge is -2.27. The van der Waals surface area contributed by atoms with Crippen molar-refractivity contribution in [2.45, 2.75) is 39.0 Å². The number of carbonyl (C=O) groups excluding carboxylic acids is 1. The van der Waals surface area contributed by atoms with E-state index >= 15 is 0 Å². The highest BCUT2D eigenvalue weighted by atomic mass is 16.3. The molecule has 3 rings (SSSR count). The summed E-state index contributed by atoms with van der Waals surface area (Å²) in [5.74, 6) is 1.70. The molecule has 1 N–H and O–H groups in total. The van der Waals surface area contributed by atoms with Crippen LogP contribution in [0.5, 0.6) is 0 Å².